The van der Waals surface area contributed by atoms with E-state index in [9.17, 15) is 0 Å². The molecule has 2 aromatic rings. The molecule has 0 aliphatic heterocycles. The standard InChI is InChI=1S/C9H7BrClN3S/c1-5-2-15-3-6(5)14-9-7(10)8(11)12-4-13-9/h2-4H,1H3,(H,12,13,14). The van der Waals surface area contributed by atoms with Crippen LogP contribution in [0, 0.1) is 6.92 Å². The van der Waals surface area contributed by atoms with E-state index in [0.29, 0.717) is 15.4 Å². The van der Waals surface area contributed by atoms with Gasteiger partial charge in [-0.2, -0.15) is 0 Å². The Morgan fingerprint density at radius 2 is 2.20 bits per heavy atom. The van der Waals surface area contributed by atoms with E-state index in [4.69, 9.17) is 11.6 Å². The van der Waals surface area contributed by atoms with Crippen LogP contribution in [0.2, 0.25) is 5.15 Å². The monoisotopic (exact) mass is 303 g/mol. The fourth-order valence-electron chi connectivity index (χ4n) is 1.05. The Morgan fingerprint density at radius 1 is 1.40 bits per heavy atom. The van der Waals surface area contributed by atoms with Gasteiger partial charge in [0.2, 0.25) is 0 Å². The third-order valence-electron chi connectivity index (χ3n) is 1.86. The second-order valence-corrected chi connectivity index (χ2v) is 4.82. The van der Waals surface area contributed by atoms with Crippen LogP contribution in [0.25, 0.3) is 0 Å². The maximum atomic E-state index is 5.86. The van der Waals surface area contributed by atoms with Crippen molar-refractivity contribution in [1.82, 2.24) is 9.97 Å². The van der Waals surface area contributed by atoms with Gasteiger partial charge in [-0.05, 0) is 33.8 Å². The van der Waals surface area contributed by atoms with Crippen molar-refractivity contribution in [1.29, 1.82) is 0 Å². The molecule has 78 valence electrons. The van der Waals surface area contributed by atoms with Crippen molar-refractivity contribution in [3.05, 3.63) is 32.3 Å². The Morgan fingerprint density at radius 3 is 2.87 bits per heavy atom. The second-order valence-electron chi connectivity index (χ2n) is 2.92. The van der Waals surface area contributed by atoms with E-state index < -0.39 is 0 Å². The predicted octanol–water partition coefficient (Wildman–Crippen LogP) is 4.01. The van der Waals surface area contributed by atoms with Crippen molar-refractivity contribution in [2.75, 3.05) is 5.32 Å². The predicted molar refractivity (Wildman–Crippen MR) is 67.1 cm³/mol. The van der Waals surface area contributed by atoms with E-state index in [1.54, 1.807) is 11.3 Å². The Kier molecular flexibility index (Phi) is 3.23. The number of nitrogens with one attached hydrogen (secondary N) is 1. The molecule has 0 radical (unpaired) electrons. The minimum absolute atomic E-state index is 0.403. The van der Waals surface area contributed by atoms with Gasteiger partial charge >= 0.3 is 0 Å². The first kappa shape index (κ1) is 10.9. The van der Waals surface area contributed by atoms with Crippen molar-refractivity contribution in [3.8, 4) is 0 Å². The maximum absolute atomic E-state index is 5.86. The second kappa shape index (κ2) is 4.47. The summed E-state index contributed by atoms with van der Waals surface area (Å²) in [7, 11) is 0. The molecule has 0 aliphatic rings. The van der Waals surface area contributed by atoms with Crippen LogP contribution in [0.1, 0.15) is 5.56 Å². The van der Waals surface area contributed by atoms with Gasteiger partial charge in [-0.1, -0.05) is 11.6 Å². The van der Waals surface area contributed by atoms with E-state index in [1.807, 2.05) is 12.3 Å². The summed E-state index contributed by atoms with van der Waals surface area (Å²) in [5, 5.41) is 7.69. The van der Waals surface area contributed by atoms with E-state index >= 15 is 0 Å². The van der Waals surface area contributed by atoms with Crippen LogP contribution < -0.4 is 5.32 Å². The SMILES string of the molecule is Cc1cscc1Nc1ncnc(Cl)c1Br. The average molecular weight is 305 g/mol. The molecule has 1 N–H and O–H groups in total. The van der Waals surface area contributed by atoms with Gasteiger partial charge in [0.1, 0.15) is 17.3 Å². The zero-order chi connectivity index (χ0) is 10.8. The fourth-order valence-corrected chi connectivity index (χ4v) is 2.27. The molecule has 0 fully saturated rings. The van der Waals surface area contributed by atoms with Crippen molar-refractivity contribution < 1.29 is 0 Å². The number of rotatable bonds is 2. The highest BCUT2D eigenvalue weighted by atomic mass is 79.9. The van der Waals surface area contributed by atoms with Gasteiger partial charge in [0.25, 0.3) is 0 Å². The van der Waals surface area contributed by atoms with Crippen molar-refractivity contribution in [3.63, 3.8) is 0 Å². The van der Waals surface area contributed by atoms with Gasteiger partial charge in [0, 0.05) is 5.38 Å². The molecule has 0 amide bonds. The number of aromatic nitrogens is 2. The third kappa shape index (κ3) is 2.30. The zero-order valence-electron chi connectivity index (χ0n) is 7.79. The highest BCUT2D eigenvalue weighted by Gasteiger charge is 2.08. The van der Waals surface area contributed by atoms with Crippen LogP contribution in [0.4, 0.5) is 11.5 Å². The van der Waals surface area contributed by atoms with Gasteiger partial charge in [0.05, 0.1) is 10.2 Å². The Balaban J connectivity index is 2.33. The maximum Gasteiger partial charge on any atom is 0.149 e. The topological polar surface area (TPSA) is 37.8 Å². The largest absolute Gasteiger partial charge is 0.338 e. The molecule has 0 bridgehead atoms. The number of hydrogen-bond donors (Lipinski definition) is 1. The smallest absolute Gasteiger partial charge is 0.149 e. The van der Waals surface area contributed by atoms with Crippen molar-refractivity contribution >= 4 is 50.4 Å². The first-order valence-corrected chi connectivity index (χ1v) is 6.25. The summed E-state index contributed by atoms with van der Waals surface area (Å²) in [6, 6.07) is 0. The van der Waals surface area contributed by atoms with Crippen LogP contribution in [-0.4, -0.2) is 9.97 Å². The minimum atomic E-state index is 0.403. The lowest BCUT2D eigenvalue weighted by atomic mass is 10.3. The summed E-state index contributed by atoms with van der Waals surface area (Å²) in [6.07, 6.45) is 1.43. The Labute approximate surface area is 105 Å². The molecule has 3 nitrogen and oxygen atoms in total. The molecule has 0 atom stereocenters. The average Bonchev–Trinajstić information content (AvgIpc) is 2.60. The summed E-state index contributed by atoms with van der Waals surface area (Å²) in [6.45, 7) is 2.04. The molecule has 0 saturated heterocycles. The number of halogens is 2. The quantitative estimate of drug-likeness (QED) is 0.852. The molecule has 2 heterocycles. The first-order valence-electron chi connectivity index (χ1n) is 4.14. The van der Waals surface area contributed by atoms with E-state index in [1.165, 1.54) is 11.9 Å². The number of thiophene rings is 1. The number of hydrogen-bond acceptors (Lipinski definition) is 4. The summed E-state index contributed by atoms with van der Waals surface area (Å²) in [4.78, 5) is 7.97. The lowest BCUT2D eigenvalue weighted by molar-refractivity contribution is 1.15. The fraction of sp³-hybridized carbons (Fsp3) is 0.111. The van der Waals surface area contributed by atoms with Gasteiger partial charge in [-0.25, -0.2) is 9.97 Å². The molecule has 0 aromatic carbocycles. The normalized spacial score (nSPS) is 10.3. The molecule has 0 aliphatic carbocycles. The summed E-state index contributed by atoms with van der Waals surface area (Å²) >= 11 is 10.8. The highest BCUT2D eigenvalue weighted by molar-refractivity contribution is 9.10. The highest BCUT2D eigenvalue weighted by Crippen LogP contribution is 2.30. The van der Waals surface area contributed by atoms with Gasteiger partial charge in [0.15, 0.2) is 0 Å². The third-order valence-corrected chi connectivity index (χ3v) is 3.98. The summed E-state index contributed by atoms with van der Waals surface area (Å²) in [5.41, 5.74) is 2.22. The minimum Gasteiger partial charge on any atom is -0.338 e. The zero-order valence-corrected chi connectivity index (χ0v) is 10.9. The van der Waals surface area contributed by atoms with Crippen LogP contribution in [-0.2, 0) is 0 Å². The van der Waals surface area contributed by atoms with E-state index in [2.05, 4.69) is 36.6 Å². The van der Waals surface area contributed by atoms with Crippen molar-refractivity contribution in [2.45, 2.75) is 6.92 Å². The summed E-state index contributed by atoms with van der Waals surface area (Å²) in [5.74, 6) is 0.677. The molecule has 0 spiro atoms. The number of anilines is 2. The van der Waals surface area contributed by atoms with E-state index in [0.717, 1.165) is 5.69 Å². The molecular weight excluding hydrogens is 298 g/mol. The van der Waals surface area contributed by atoms with Gasteiger partial charge in [-0.15, -0.1) is 11.3 Å². The van der Waals surface area contributed by atoms with Crippen LogP contribution in [0.3, 0.4) is 0 Å². The van der Waals surface area contributed by atoms with Crippen LogP contribution in [0.5, 0.6) is 0 Å². The van der Waals surface area contributed by atoms with Crippen LogP contribution in [0.15, 0.2) is 21.6 Å². The summed E-state index contributed by atoms with van der Waals surface area (Å²) < 4.78 is 0.678. The van der Waals surface area contributed by atoms with Gasteiger partial charge in [-0.3, -0.25) is 0 Å². The van der Waals surface area contributed by atoms with Crippen LogP contribution >= 0.6 is 38.9 Å². The molecule has 0 saturated carbocycles. The molecule has 0 unspecified atom stereocenters. The lowest BCUT2D eigenvalue weighted by Crippen LogP contribution is -1.96. The number of aryl methyl sites for hydroxylation is 1. The van der Waals surface area contributed by atoms with Crippen molar-refractivity contribution in [2.24, 2.45) is 0 Å². The molecule has 2 rings (SSSR count). The van der Waals surface area contributed by atoms with Gasteiger partial charge < -0.3 is 5.32 Å². The van der Waals surface area contributed by atoms with E-state index in [-0.39, 0.29) is 0 Å². The molecule has 2 aromatic heterocycles. The molecular formula is C9H7BrClN3S. The Hall–Kier alpha value is -0.650. The Bertz CT molecular complexity index is 486. The molecule has 15 heavy (non-hydrogen) atoms. The first-order chi connectivity index (χ1) is 7.18. The number of nitrogens with zero attached hydrogens (tertiary/aromatic N) is 2. The molecule has 6 heteroatoms. The lowest BCUT2D eigenvalue weighted by Gasteiger charge is -2.06.